The first-order valence-electron chi connectivity index (χ1n) is 4.29. The van der Waals surface area contributed by atoms with Crippen molar-refractivity contribution in [2.45, 2.75) is 5.60 Å². The second-order valence-electron chi connectivity index (χ2n) is 3.34. The van der Waals surface area contributed by atoms with Gasteiger partial charge in [0.1, 0.15) is 11.4 Å². The van der Waals surface area contributed by atoms with Crippen molar-refractivity contribution in [2.24, 2.45) is 0 Å². The quantitative estimate of drug-likeness (QED) is 0.703. The van der Waals surface area contributed by atoms with Gasteiger partial charge in [0.2, 0.25) is 5.88 Å². The van der Waals surface area contributed by atoms with Crippen LogP contribution in [0.5, 0.6) is 5.88 Å². The summed E-state index contributed by atoms with van der Waals surface area (Å²) in [6.45, 7) is 0.716. The molecule has 1 aliphatic rings. The van der Waals surface area contributed by atoms with Gasteiger partial charge < -0.3 is 15.2 Å². The van der Waals surface area contributed by atoms with Crippen molar-refractivity contribution in [3.63, 3.8) is 0 Å². The van der Waals surface area contributed by atoms with E-state index < -0.39 is 11.4 Å². The first-order valence-corrected chi connectivity index (χ1v) is 4.29. The summed E-state index contributed by atoms with van der Waals surface area (Å²) in [6.07, 6.45) is 1.06. The van der Waals surface area contributed by atoms with Crippen molar-refractivity contribution in [1.82, 2.24) is 10.3 Å². The number of hydrogen-bond acceptors (Lipinski definition) is 4. The van der Waals surface area contributed by atoms with Gasteiger partial charge in [-0.3, -0.25) is 0 Å². The Morgan fingerprint density at radius 2 is 2.36 bits per heavy atom. The number of hydrogen-bond donors (Lipinski definition) is 2. The zero-order chi connectivity index (χ0) is 10.2. The van der Waals surface area contributed by atoms with Crippen LogP contribution in [0.15, 0.2) is 12.3 Å². The third-order valence-electron chi connectivity index (χ3n) is 2.38. The molecule has 0 radical (unpaired) electrons. The van der Waals surface area contributed by atoms with E-state index in [1.807, 2.05) is 0 Å². The van der Waals surface area contributed by atoms with Crippen LogP contribution in [-0.4, -0.2) is 30.3 Å². The Labute approximate surface area is 80.7 Å². The van der Waals surface area contributed by atoms with Crippen molar-refractivity contribution in [2.75, 3.05) is 20.2 Å². The average Bonchev–Trinajstić information content (AvgIpc) is 2.15. The minimum atomic E-state index is -1.11. The lowest BCUT2D eigenvalue weighted by Gasteiger charge is -2.38. The van der Waals surface area contributed by atoms with Gasteiger partial charge in [-0.2, -0.15) is 0 Å². The number of β-amino-alcohol motifs (C(OH)–C–C–N with tert-alkyl or cyclic N) is 1. The van der Waals surface area contributed by atoms with E-state index in [0.29, 0.717) is 19.0 Å². The molecule has 2 heterocycles. The smallest absolute Gasteiger partial charge is 0.213 e. The molecular weight excluding hydrogens is 187 g/mol. The number of aliphatic hydroxyl groups is 1. The zero-order valence-corrected chi connectivity index (χ0v) is 7.75. The molecule has 2 N–H and O–H groups in total. The van der Waals surface area contributed by atoms with E-state index in [0.717, 1.165) is 6.20 Å². The van der Waals surface area contributed by atoms with Crippen molar-refractivity contribution in [3.8, 4) is 5.88 Å². The molecule has 76 valence electrons. The second-order valence-corrected chi connectivity index (χ2v) is 3.34. The summed E-state index contributed by atoms with van der Waals surface area (Å²) in [6, 6.07) is 1.43. The van der Waals surface area contributed by atoms with Crippen molar-refractivity contribution in [3.05, 3.63) is 23.6 Å². The van der Waals surface area contributed by atoms with Crippen molar-refractivity contribution < 1.29 is 14.2 Å². The highest BCUT2D eigenvalue weighted by molar-refractivity contribution is 5.30. The number of halogens is 1. The van der Waals surface area contributed by atoms with Gasteiger partial charge in [-0.05, 0) is 0 Å². The van der Waals surface area contributed by atoms with Gasteiger partial charge >= 0.3 is 0 Å². The van der Waals surface area contributed by atoms with Crippen LogP contribution in [0, 0.1) is 5.82 Å². The number of aromatic nitrogens is 1. The Balaban J connectivity index is 2.40. The summed E-state index contributed by atoms with van der Waals surface area (Å²) in [5.74, 6) is -0.198. The molecule has 14 heavy (non-hydrogen) atoms. The average molecular weight is 198 g/mol. The molecule has 0 unspecified atom stereocenters. The molecule has 0 amide bonds. The van der Waals surface area contributed by atoms with Gasteiger partial charge in [-0.1, -0.05) is 0 Å². The molecular formula is C9H11FN2O2. The van der Waals surface area contributed by atoms with Gasteiger partial charge in [0.05, 0.1) is 13.3 Å². The molecule has 0 atom stereocenters. The van der Waals surface area contributed by atoms with Crippen LogP contribution < -0.4 is 10.1 Å². The lowest BCUT2D eigenvalue weighted by Crippen LogP contribution is -2.57. The van der Waals surface area contributed by atoms with Crippen molar-refractivity contribution in [1.29, 1.82) is 0 Å². The monoisotopic (exact) mass is 198 g/mol. The summed E-state index contributed by atoms with van der Waals surface area (Å²) in [5.41, 5.74) is -0.872. The third-order valence-corrected chi connectivity index (χ3v) is 2.38. The molecule has 1 aliphatic heterocycles. The van der Waals surface area contributed by atoms with E-state index >= 15 is 0 Å². The number of methoxy groups -OCH3 is 1. The highest BCUT2D eigenvalue weighted by atomic mass is 19.1. The number of rotatable bonds is 2. The normalized spacial score (nSPS) is 18.8. The predicted molar refractivity (Wildman–Crippen MR) is 47.5 cm³/mol. The van der Waals surface area contributed by atoms with Gasteiger partial charge in [0.25, 0.3) is 0 Å². The summed E-state index contributed by atoms with van der Waals surface area (Å²) in [4.78, 5) is 3.70. The maximum atomic E-state index is 13.3. The minimum absolute atomic E-state index is 0.239. The lowest BCUT2D eigenvalue weighted by atomic mass is 9.88. The second kappa shape index (κ2) is 3.18. The molecule has 0 spiro atoms. The molecule has 0 aliphatic carbocycles. The molecule has 2 rings (SSSR count). The highest BCUT2D eigenvalue weighted by Crippen LogP contribution is 2.29. The zero-order valence-electron chi connectivity index (χ0n) is 7.75. The Kier molecular flexibility index (Phi) is 2.13. The molecule has 1 saturated heterocycles. The Bertz CT molecular complexity index is 353. The van der Waals surface area contributed by atoms with E-state index in [4.69, 9.17) is 4.74 Å². The fourth-order valence-corrected chi connectivity index (χ4v) is 1.44. The topological polar surface area (TPSA) is 54.4 Å². The fourth-order valence-electron chi connectivity index (χ4n) is 1.44. The largest absolute Gasteiger partial charge is 0.481 e. The maximum Gasteiger partial charge on any atom is 0.213 e. The van der Waals surface area contributed by atoms with Crippen LogP contribution in [0.3, 0.4) is 0 Å². The Morgan fingerprint density at radius 1 is 1.64 bits per heavy atom. The highest BCUT2D eigenvalue weighted by Gasteiger charge is 2.38. The van der Waals surface area contributed by atoms with E-state index in [-0.39, 0.29) is 5.56 Å². The molecule has 0 aromatic carbocycles. The van der Waals surface area contributed by atoms with Gasteiger partial charge in [0, 0.05) is 24.7 Å². The molecule has 1 aromatic heterocycles. The standard InChI is InChI=1S/C9H11FN2O2/c1-14-8-2-6(7(10)3-12-8)9(13)4-11-5-9/h2-3,11,13H,4-5H2,1H3. The first kappa shape index (κ1) is 9.36. The van der Waals surface area contributed by atoms with Crippen LogP contribution in [0.4, 0.5) is 4.39 Å². The third kappa shape index (κ3) is 1.34. The predicted octanol–water partition coefficient (Wildman–Crippen LogP) is 0.0201. The first-order chi connectivity index (χ1) is 6.65. The number of ether oxygens (including phenoxy) is 1. The maximum absolute atomic E-state index is 13.3. The van der Waals surface area contributed by atoms with Crippen LogP contribution in [0.1, 0.15) is 5.56 Å². The summed E-state index contributed by atoms with van der Waals surface area (Å²) >= 11 is 0. The van der Waals surface area contributed by atoms with Gasteiger partial charge in [-0.15, -0.1) is 0 Å². The molecule has 0 bridgehead atoms. The molecule has 4 nitrogen and oxygen atoms in total. The molecule has 5 heteroatoms. The van der Waals surface area contributed by atoms with Gasteiger partial charge in [-0.25, -0.2) is 9.37 Å². The van der Waals surface area contributed by atoms with E-state index in [9.17, 15) is 9.50 Å². The number of pyridine rings is 1. The number of nitrogens with one attached hydrogen (secondary N) is 1. The Morgan fingerprint density at radius 3 is 2.86 bits per heavy atom. The van der Waals surface area contributed by atoms with Gasteiger partial charge in [0.15, 0.2) is 0 Å². The Hall–Kier alpha value is -1.20. The molecule has 1 aromatic rings. The van der Waals surface area contributed by atoms with Crippen LogP contribution >= 0.6 is 0 Å². The fraction of sp³-hybridized carbons (Fsp3) is 0.444. The van der Waals surface area contributed by atoms with Crippen LogP contribution in [0.2, 0.25) is 0 Å². The molecule has 1 fully saturated rings. The van der Waals surface area contributed by atoms with E-state index in [1.54, 1.807) is 0 Å². The van der Waals surface area contributed by atoms with Crippen LogP contribution in [-0.2, 0) is 5.60 Å². The number of nitrogens with zero attached hydrogens (tertiary/aromatic N) is 1. The molecule has 0 saturated carbocycles. The van der Waals surface area contributed by atoms with Crippen LogP contribution in [0.25, 0.3) is 0 Å². The minimum Gasteiger partial charge on any atom is -0.481 e. The summed E-state index contributed by atoms with van der Waals surface area (Å²) in [7, 11) is 1.45. The lowest BCUT2D eigenvalue weighted by molar-refractivity contribution is -0.0179. The summed E-state index contributed by atoms with van der Waals surface area (Å²) < 4.78 is 18.2. The van der Waals surface area contributed by atoms with E-state index in [1.165, 1.54) is 13.2 Å². The van der Waals surface area contributed by atoms with Crippen molar-refractivity contribution >= 4 is 0 Å². The van der Waals surface area contributed by atoms with E-state index in [2.05, 4.69) is 10.3 Å². The summed E-state index contributed by atoms with van der Waals surface area (Å²) in [5, 5.41) is 12.8. The SMILES string of the molecule is COc1cc(C2(O)CNC2)c(F)cn1.